The van der Waals surface area contributed by atoms with Gasteiger partial charge in [-0.05, 0) is 35.2 Å². The Morgan fingerprint density at radius 2 is 1.76 bits per heavy atom. The monoisotopic (exact) mass is 307 g/mol. The Bertz CT molecular complexity index is 665. The zero-order valence-corrected chi connectivity index (χ0v) is 13.4. The van der Waals surface area contributed by atoms with Gasteiger partial charge in [-0.2, -0.15) is 0 Å². The number of benzene rings is 1. The number of rotatable bonds is 5. The van der Waals surface area contributed by atoms with Gasteiger partial charge >= 0.3 is 0 Å². The highest BCUT2D eigenvalue weighted by atomic mass is 32.2. The topological polar surface area (TPSA) is 59.3 Å². The lowest BCUT2D eigenvalue weighted by Gasteiger charge is -2.19. The molecule has 0 aliphatic rings. The Morgan fingerprint density at radius 1 is 1.10 bits per heavy atom. The smallest absolute Gasteiger partial charge is 0.240 e. The van der Waals surface area contributed by atoms with Gasteiger partial charge < -0.3 is 4.42 Å². The summed E-state index contributed by atoms with van der Waals surface area (Å²) >= 11 is 0. The second kappa shape index (κ2) is 6.03. The quantitative estimate of drug-likeness (QED) is 0.923. The summed E-state index contributed by atoms with van der Waals surface area (Å²) in [6.45, 7) is 6.60. The van der Waals surface area contributed by atoms with Gasteiger partial charge in [-0.25, -0.2) is 13.1 Å². The molecule has 21 heavy (non-hydrogen) atoms. The van der Waals surface area contributed by atoms with E-state index < -0.39 is 10.0 Å². The highest BCUT2D eigenvalue weighted by Crippen LogP contribution is 2.23. The van der Waals surface area contributed by atoms with Crippen molar-refractivity contribution in [2.45, 2.75) is 37.5 Å². The van der Waals surface area contributed by atoms with E-state index in [9.17, 15) is 8.42 Å². The van der Waals surface area contributed by atoms with Crippen LogP contribution in [-0.4, -0.2) is 15.0 Å². The second-order valence-corrected chi connectivity index (χ2v) is 7.77. The molecular weight excluding hydrogens is 286 g/mol. The van der Waals surface area contributed by atoms with Crippen molar-refractivity contribution in [3.8, 4) is 0 Å². The molecule has 1 heterocycles. The minimum atomic E-state index is -3.47. The molecule has 0 spiro atoms. The minimum Gasteiger partial charge on any atom is -0.469 e. The van der Waals surface area contributed by atoms with E-state index in [1.807, 2.05) is 18.2 Å². The Morgan fingerprint density at radius 3 is 2.29 bits per heavy atom. The number of hydrogen-bond acceptors (Lipinski definition) is 3. The van der Waals surface area contributed by atoms with E-state index in [0.717, 1.165) is 11.3 Å². The van der Waals surface area contributed by atoms with Crippen molar-refractivity contribution in [1.82, 2.24) is 4.72 Å². The molecule has 1 aromatic heterocycles. The van der Waals surface area contributed by atoms with Crippen LogP contribution in [-0.2, 0) is 21.9 Å². The maximum atomic E-state index is 12.2. The zero-order valence-electron chi connectivity index (χ0n) is 12.6. The van der Waals surface area contributed by atoms with Crippen molar-refractivity contribution in [2.24, 2.45) is 0 Å². The molecule has 5 heteroatoms. The van der Waals surface area contributed by atoms with Gasteiger partial charge in [0.15, 0.2) is 0 Å². The van der Waals surface area contributed by atoms with Crippen LogP contribution < -0.4 is 4.72 Å². The molecule has 114 valence electrons. The summed E-state index contributed by atoms with van der Waals surface area (Å²) in [5, 5.41) is 0. The van der Waals surface area contributed by atoms with Crippen molar-refractivity contribution < 1.29 is 12.8 Å². The summed E-state index contributed by atoms with van der Waals surface area (Å²) in [4.78, 5) is 0.287. The van der Waals surface area contributed by atoms with Crippen molar-refractivity contribution >= 4 is 10.0 Å². The van der Waals surface area contributed by atoms with Crippen molar-refractivity contribution in [3.63, 3.8) is 0 Å². The summed E-state index contributed by atoms with van der Waals surface area (Å²) in [7, 11) is -3.47. The predicted molar refractivity (Wildman–Crippen MR) is 82.7 cm³/mol. The van der Waals surface area contributed by atoms with Gasteiger partial charge in [0.05, 0.1) is 11.2 Å². The summed E-state index contributed by atoms with van der Waals surface area (Å²) in [6, 6.07) is 10.6. The molecule has 0 aliphatic heterocycles. The average molecular weight is 307 g/mol. The molecule has 2 rings (SSSR count). The third-order valence-corrected chi connectivity index (χ3v) is 4.75. The fraction of sp³-hybridized carbons (Fsp3) is 0.375. The van der Waals surface area contributed by atoms with E-state index in [1.54, 1.807) is 24.5 Å². The first-order chi connectivity index (χ1) is 9.79. The van der Waals surface area contributed by atoms with Crippen LogP contribution in [0.25, 0.3) is 0 Å². The summed E-state index contributed by atoms with van der Waals surface area (Å²) in [5.41, 5.74) is 1.12. The van der Waals surface area contributed by atoms with Crippen LogP contribution in [0.3, 0.4) is 0 Å². The summed E-state index contributed by atoms with van der Waals surface area (Å²) in [6.07, 6.45) is 2.11. The molecule has 4 nitrogen and oxygen atoms in total. The van der Waals surface area contributed by atoms with Gasteiger partial charge in [0.1, 0.15) is 5.76 Å². The number of sulfonamides is 1. The fourth-order valence-electron chi connectivity index (χ4n) is 1.98. The molecule has 0 saturated carbocycles. The van der Waals surface area contributed by atoms with Gasteiger partial charge in [-0.15, -0.1) is 0 Å². The van der Waals surface area contributed by atoms with Gasteiger partial charge in [0, 0.05) is 13.0 Å². The third kappa shape index (κ3) is 4.19. The predicted octanol–water partition coefficient (Wildman–Crippen LogP) is 3.10. The van der Waals surface area contributed by atoms with Crippen molar-refractivity contribution in [1.29, 1.82) is 0 Å². The molecule has 0 amide bonds. The van der Waals surface area contributed by atoms with Crippen LogP contribution in [0.1, 0.15) is 32.1 Å². The molecular formula is C16H21NO3S. The van der Waals surface area contributed by atoms with Crippen LogP contribution in [0.5, 0.6) is 0 Å². The lowest BCUT2D eigenvalue weighted by Crippen LogP contribution is -2.26. The Labute approximate surface area is 126 Å². The molecule has 1 N–H and O–H groups in total. The Balaban J connectivity index is 2.02. The average Bonchev–Trinajstić information content (AvgIpc) is 2.91. The molecule has 0 atom stereocenters. The van der Waals surface area contributed by atoms with Crippen LogP contribution in [0.2, 0.25) is 0 Å². The molecule has 0 saturated heterocycles. The number of nitrogens with one attached hydrogen (secondary N) is 1. The molecule has 0 aliphatic carbocycles. The molecule has 0 unspecified atom stereocenters. The largest absolute Gasteiger partial charge is 0.469 e. The first-order valence-electron chi connectivity index (χ1n) is 6.92. The number of hydrogen-bond donors (Lipinski definition) is 1. The Hall–Kier alpha value is -1.59. The first kappa shape index (κ1) is 15.8. The lowest BCUT2D eigenvalue weighted by atomic mass is 9.87. The first-order valence-corrected chi connectivity index (χ1v) is 8.40. The molecule has 0 fully saturated rings. The summed E-state index contributed by atoms with van der Waals surface area (Å²) in [5.74, 6) is 0.765. The van der Waals surface area contributed by atoms with Crippen molar-refractivity contribution in [2.75, 3.05) is 6.54 Å². The van der Waals surface area contributed by atoms with Gasteiger partial charge in [0.25, 0.3) is 0 Å². The van der Waals surface area contributed by atoms with E-state index in [1.165, 1.54) is 0 Å². The zero-order chi connectivity index (χ0) is 15.5. The SMILES string of the molecule is CC(C)(C)c1ccc(S(=O)(=O)NCCc2ccco2)cc1. The van der Waals surface area contributed by atoms with E-state index in [-0.39, 0.29) is 10.3 Å². The van der Waals surface area contributed by atoms with Gasteiger partial charge in [-0.1, -0.05) is 32.9 Å². The van der Waals surface area contributed by atoms with E-state index in [0.29, 0.717) is 13.0 Å². The fourth-order valence-corrected chi connectivity index (χ4v) is 3.01. The molecule has 1 aromatic carbocycles. The lowest BCUT2D eigenvalue weighted by molar-refractivity contribution is 0.506. The van der Waals surface area contributed by atoms with Crippen LogP contribution in [0, 0.1) is 0 Å². The third-order valence-electron chi connectivity index (χ3n) is 3.27. The van der Waals surface area contributed by atoms with Gasteiger partial charge in [0.2, 0.25) is 10.0 Å². The summed E-state index contributed by atoms with van der Waals surface area (Å²) < 4.78 is 32.1. The molecule has 2 aromatic rings. The van der Waals surface area contributed by atoms with Crippen LogP contribution in [0.4, 0.5) is 0 Å². The Kier molecular flexibility index (Phi) is 4.54. The number of furan rings is 1. The second-order valence-electron chi connectivity index (χ2n) is 6.00. The molecule has 0 bridgehead atoms. The van der Waals surface area contributed by atoms with E-state index in [2.05, 4.69) is 25.5 Å². The highest BCUT2D eigenvalue weighted by molar-refractivity contribution is 7.89. The normalized spacial score (nSPS) is 12.5. The van der Waals surface area contributed by atoms with E-state index in [4.69, 9.17) is 4.42 Å². The van der Waals surface area contributed by atoms with Gasteiger partial charge in [-0.3, -0.25) is 0 Å². The standard InChI is InChI=1S/C16H21NO3S/c1-16(2,3)13-6-8-15(9-7-13)21(18,19)17-11-10-14-5-4-12-20-14/h4-9,12,17H,10-11H2,1-3H3. The maximum absolute atomic E-state index is 12.2. The van der Waals surface area contributed by atoms with Crippen LogP contribution >= 0.6 is 0 Å². The molecule has 0 radical (unpaired) electrons. The van der Waals surface area contributed by atoms with E-state index >= 15 is 0 Å². The minimum absolute atomic E-state index is 0.00894. The highest BCUT2D eigenvalue weighted by Gasteiger charge is 2.17. The maximum Gasteiger partial charge on any atom is 0.240 e. The van der Waals surface area contributed by atoms with Crippen molar-refractivity contribution in [3.05, 3.63) is 54.0 Å². The van der Waals surface area contributed by atoms with Crippen LogP contribution in [0.15, 0.2) is 52.0 Å².